The summed E-state index contributed by atoms with van der Waals surface area (Å²) in [6, 6.07) is 10.1. The van der Waals surface area contributed by atoms with Crippen molar-refractivity contribution in [1.82, 2.24) is 25.5 Å². The Morgan fingerprint density at radius 3 is 2.74 bits per heavy atom. The molecule has 1 aliphatic heterocycles. The molecule has 2 aromatic carbocycles. The smallest absolute Gasteiger partial charge is 0.240 e. The van der Waals surface area contributed by atoms with Crippen LogP contribution in [-0.4, -0.2) is 47.6 Å². The van der Waals surface area contributed by atoms with Crippen LogP contribution in [0.5, 0.6) is 0 Å². The molecule has 3 aromatic rings. The maximum absolute atomic E-state index is 13.2. The number of anilines is 2. The molecule has 2 unspecified atom stereocenters. The maximum atomic E-state index is 13.2. The van der Waals surface area contributed by atoms with Crippen molar-refractivity contribution in [3.8, 4) is 11.1 Å². The van der Waals surface area contributed by atoms with E-state index in [1.807, 2.05) is 6.07 Å². The van der Waals surface area contributed by atoms with Crippen molar-refractivity contribution in [2.75, 3.05) is 18.4 Å². The van der Waals surface area contributed by atoms with Crippen molar-refractivity contribution in [2.24, 2.45) is 21.8 Å². The lowest BCUT2D eigenvalue weighted by Gasteiger charge is -2.19. The number of aromatic nitrogens is 2. The zero-order chi connectivity index (χ0) is 25.0. The molecule has 13 nitrogen and oxygen atoms in total. The molecule has 2 heterocycles. The van der Waals surface area contributed by atoms with E-state index in [-0.39, 0.29) is 22.3 Å². The number of amidine groups is 1. The first kappa shape index (κ1) is 24.8. The Bertz CT molecular complexity index is 1350. The Labute approximate surface area is 204 Å². The van der Waals surface area contributed by atoms with Gasteiger partial charge in [0.05, 0.1) is 4.90 Å². The summed E-state index contributed by atoms with van der Waals surface area (Å²) in [4.78, 5) is 6.65. The number of primary sulfonamides is 1. The van der Waals surface area contributed by atoms with Crippen LogP contribution in [0.1, 0.15) is 12.0 Å². The number of rotatable bonds is 9. The Hall–Kier alpha value is -3.34. The number of sulfonamides is 1. The van der Waals surface area contributed by atoms with Gasteiger partial charge in [-0.05, 0) is 42.3 Å². The zero-order valence-corrected chi connectivity index (χ0v) is 20.1. The van der Waals surface area contributed by atoms with Gasteiger partial charge in [0.2, 0.25) is 16.0 Å². The lowest BCUT2D eigenvalue weighted by atomic mass is 9.98. The predicted molar refractivity (Wildman–Crippen MR) is 134 cm³/mol. The van der Waals surface area contributed by atoms with Gasteiger partial charge in [-0.1, -0.05) is 18.2 Å². The number of hydrogen-bond acceptors (Lipinski definition) is 9. The third kappa shape index (κ3) is 5.67. The van der Waals surface area contributed by atoms with Crippen LogP contribution >= 0.6 is 0 Å². The minimum Gasteiger partial charge on any atom is -0.382 e. The summed E-state index contributed by atoms with van der Waals surface area (Å²) < 4.78 is 41.7. The number of benzene rings is 2. The number of H-pyrrole nitrogens is 1. The first-order valence-electron chi connectivity index (χ1n) is 10.5. The third-order valence-corrected chi connectivity index (χ3v) is 7.72. The second kappa shape index (κ2) is 10.5. The van der Waals surface area contributed by atoms with E-state index in [1.54, 1.807) is 36.7 Å². The summed E-state index contributed by atoms with van der Waals surface area (Å²) in [6.45, 7) is 1.38. The number of hydrazine groups is 1. The fourth-order valence-electron chi connectivity index (χ4n) is 3.82. The normalized spacial score (nSPS) is 17.3. The van der Waals surface area contributed by atoms with E-state index < -0.39 is 25.9 Å². The largest absolute Gasteiger partial charge is 0.382 e. The minimum absolute atomic E-state index is 0.0159. The lowest BCUT2D eigenvalue weighted by Crippen LogP contribution is -2.34. The molecular formula is C20H26N10O3S2. The van der Waals surface area contributed by atoms with Crippen molar-refractivity contribution in [1.29, 1.82) is 0 Å². The van der Waals surface area contributed by atoms with E-state index in [9.17, 15) is 12.6 Å². The maximum Gasteiger partial charge on any atom is 0.240 e. The molecule has 11 N–H and O–H groups in total. The van der Waals surface area contributed by atoms with E-state index in [1.165, 1.54) is 6.07 Å². The second-order valence-electron chi connectivity index (χ2n) is 7.71. The molecular weight excluding hydrogens is 492 g/mol. The Balaban J connectivity index is 1.86. The van der Waals surface area contributed by atoms with E-state index in [2.05, 4.69) is 36.0 Å². The Morgan fingerprint density at radius 2 is 2.09 bits per heavy atom. The number of aromatic amines is 1. The van der Waals surface area contributed by atoms with E-state index in [0.717, 1.165) is 13.0 Å². The molecule has 0 spiro atoms. The van der Waals surface area contributed by atoms with Gasteiger partial charge in [0.1, 0.15) is 15.9 Å². The van der Waals surface area contributed by atoms with Crippen molar-refractivity contribution in [3.63, 3.8) is 0 Å². The summed E-state index contributed by atoms with van der Waals surface area (Å²) in [5.41, 5.74) is 9.88. The minimum atomic E-state index is -4.40. The van der Waals surface area contributed by atoms with Crippen molar-refractivity contribution in [3.05, 3.63) is 54.4 Å². The van der Waals surface area contributed by atoms with Gasteiger partial charge in [-0.2, -0.15) is 0 Å². The number of nitrogens with zero attached hydrogens (tertiary/aromatic N) is 2. The Morgan fingerprint density at radius 1 is 1.26 bits per heavy atom. The first-order chi connectivity index (χ1) is 16.8. The van der Waals surface area contributed by atoms with Crippen molar-refractivity contribution in [2.45, 2.75) is 22.3 Å². The molecule has 2 atom stereocenters. The quantitative estimate of drug-likeness (QED) is 0.0793. The van der Waals surface area contributed by atoms with Crippen molar-refractivity contribution < 1.29 is 12.6 Å². The average molecular weight is 519 g/mol. The van der Waals surface area contributed by atoms with Gasteiger partial charge in [-0.25, -0.2) is 38.8 Å². The van der Waals surface area contributed by atoms with Gasteiger partial charge >= 0.3 is 0 Å². The summed E-state index contributed by atoms with van der Waals surface area (Å²) >= 11 is 0. The van der Waals surface area contributed by atoms with Gasteiger partial charge in [0.15, 0.2) is 5.84 Å². The van der Waals surface area contributed by atoms with Gasteiger partial charge in [-0.3, -0.25) is 0 Å². The van der Waals surface area contributed by atoms with Crippen LogP contribution in [0.3, 0.4) is 0 Å². The highest BCUT2D eigenvalue weighted by atomic mass is 32.2. The molecule has 1 aliphatic rings. The standard InChI is InChI=1S/C20H26N10O3S2/c21-19(28-30-22)17-15(12-2-1-3-13(10-12)27-20-25-8-9-26-20)4-5-16(18(17)35(23,32)33)34(31)29-14-6-7-24-11-14/h1-5,8-10,14,24,29-30H,6-7,11,22H2,(H2,21,28)(H2,23,32,33)(H2,25,26,27). The molecule has 15 heteroatoms. The zero-order valence-electron chi connectivity index (χ0n) is 18.5. The summed E-state index contributed by atoms with van der Waals surface area (Å²) in [5.74, 6) is 5.61. The highest BCUT2D eigenvalue weighted by molar-refractivity contribution is 7.90. The van der Waals surface area contributed by atoms with E-state index >= 15 is 0 Å². The fourth-order valence-corrected chi connectivity index (χ4v) is 6.33. The monoisotopic (exact) mass is 518 g/mol. The highest BCUT2D eigenvalue weighted by Crippen LogP contribution is 2.34. The van der Waals surface area contributed by atoms with Crippen LogP contribution < -0.4 is 37.6 Å². The molecule has 0 aliphatic carbocycles. The first-order valence-corrected chi connectivity index (χ1v) is 13.2. The van der Waals surface area contributed by atoms with Crippen LogP contribution in [0, 0.1) is 0 Å². The van der Waals surface area contributed by atoms with Gasteiger partial charge in [0, 0.05) is 36.2 Å². The molecule has 4 rings (SSSR count). The number of nitrogens with one attached hydrogen (secondary N) is 5. The number of nitrogens with two attached hydrogens (primary N) is 3. The molecule has 186 valence electrons. The van der Waals surface area contributed by atoms with Gasteiger partial charge < -0.3 is 21.4 Å². The van der Waals surface area contributed by atoms with Gasteiger partial charge in [0.25, 0.3) is 0 Å². The van der Waals surface area contributed by atoms with Crippen LogP contribution in [0.15, 0.2) is 63.7 Å². The molecule has 1 saturated heterocycles. The number of hydrogen-bond donors (Lipinski definition) is 8. The molecule has 0 radical (unpaired) electrons. The molecule has 35 heavy (non-hydrogen) atoms. The van der Waals surface area contributed by atoms with Crippen LogP contribution in [0.25, 0.3) is 11.1 Å². The van der Waals surface area contributed by atoms with Crippen LogP contribution in [0.4, 0.5) is 11.6 Å². The SMILES string of the molecule is NN/N=C(\N)c1c(-c2cccc(Nc3ncc[nH]3)c2)ccc(S(=O)NC2CCNC2)c1S(N)(=O)=O. The van der Waals surface area contributed by atoms with Crippen LogP contribution in [-0.2, 0) is 21.0 Å². The molecule has 0 amide bonds. The third-order valence-electron chi connectivity index (χ3n) is 5.32. The summed E-state index contributed by atoms with van der Waals surface area (Å²) in [7, 11) is -6.29. The topological polar surface area (TPSA) is 218 Å². The number of imidazole rings is 1. The molecule has 1 fully saturated rings. The van der Waals surface area contributed by atoms with Gasteiger partial charge in [-0.15, -0.1) is 5.10 Å². The number of hydrazone groups is 1. The summed E-state index contributed by atoms with van der Waals surface area (Å²) in [6.07, 6.45) is 4.03. The molecule has 1 aromatic heterocycles. The Kier molecular flexibility index (Phi) is 7.44. The van der Waals surface area contributed by atoms with E-state index in [4.69, 9.17) is 16.7 Å². The summed E-state index contributed by atoms with van der Waals surface area (Å²) in [5, 5.41) is 15.7. The predicted octanol–water partition coefficient (Wildman–Crippen LogP) is -0.475. The second-order valence-corrected chi connectivity index (χ2v) is 10.4. The fraction of sp³-hybridized carbons (Fsp3) is 0.200. The van der Waals surface area contributed by atoms with Crippen molar-refractivity contribution >= 4 is 38.5 Å². The average Bonchev–Trinajstić information content (AvgIpc) is 3.52. The lowest BCUT2D eigenvalue weighted by molar-refractivity contribution is 0.593. The molecule has 0 saturated carbocycles. The van der Waals surface area contributed by atoms with E-state index in [0.29, 0.717) is 29.3 Å². The highest BCUT2D eigenvalue weighted by Gasteiger charge is 2.29. The molecule has 0 bridgehead atoms. The van der Waals surface area contributed by atoms with Crippen LogP contribution in [0.2, 0.25) is 0 Å².